The molecule has 1 aliphatic rings. The van der Waals surface area contributed by atoms with Gasteiger partial charge in [0.25, 0.3) is 0 Å². The summed E-state index contributed by atoms with van der Waals surface area (Å²) in [5.74, 6) is 0.0587. The van der Waals surface area contributed by atoms with Crippen molar-refractivity contribution >= 4 is 28.3 Å². The topological polar surface area (TPSA) is 94.3 Å². The van der Waals surface area contributed by atoms with Crippen LogP contribution in [0.4, 0.5) is 5.69 Å². The van der Waals surface area contributed by atoms with Crippen LogP contribution < -0.4 is 15.8 Å². The fourth-order valence-electron chi connectivity index (χ4n) is 4.35. The molecule has 3 N–H and O–H groups in total. The average Bonchev–Trinajstić information content (AvgIpc) is 2.81. The highest BCUT2D eigenvalue weighted by Gasteiger charge is 2.21. The van der Waals surface area contributed by atoms with Crippen molar-refractivity contribution in [1.29, 1.82) is 0 Å². The van der Waals surface area contributed by atoms with Crippen molar-refractivity contribution in [3.63, 3.8) is 0 Å². The lowest BCUT2D eigenvalue weighted by Crippen LogP contribution is -2.27. The van der Waals surface area contributed by atoms with E-state index in [0.29, 0.717) is 23.8 Å². The van der Waals surface area contributed by atoms with Crippen molar-refractivity contribution in [2.75, 3.05) is 11.9 Å². The predicted octanol–water partition coefficient (Wildman–Crippen LogP) is 4.79. The lowest BCUT2D eigenvalue weighted by molar-refractivity contribution is -0.135. The Balaban J connectivity index is 1.37. The number of carbonyl (C=O) groups excluding carboxylic acids is 2. The Labute approximate surface area is 188 Å². The van der Waals surface area contributed by atoms with Gasteiger partial charge in [-0.3, -0.25) is 14.6 Å². The minimum atomic E-state index is -0.505. The number of rotatable bonds is 7. The molecule has 2 aromatic carbocycles. The van der Waals surface area contributed by atoms with E-state index in [1.165, 1.54) is 19.3 Å². The van der Waals surface area contributed by atoms with Crippen molar-refractivity contribution in [2.24, 2.45) is 11.7 Å². The van der Waals surface area contributed by atoms with E-state index in [1.807, 2.05) is 24.3 Å². The molecule has 6 heteroatoms. The molecule has 1 aromatic heterocycles. The first-order valence-corrected chi connectivity index (χ1v) is 11.3. The van der Waals surface area contributed by atoms with Crippen LogP contribution in [0.5, 0.6) is 5.75 Å². The number of benzene rings is 2. The van der Waals surface area contributed by atoms with Crippen molar-refractivity contribution in [3.8, 4) is 5.75 Å². The van der Waals surface area contributed by atoms with Gasteiger partial charge in [-0.2, -0.15) is 0 Å². The molecule has 1 fully saturated rings. The van der Waals surface area contributed by atoms with E-state index in [9.17, 15) is 9.59 Å². The van der Waals surface area contributed by atoms with Gasteiger partial charge in [0.15, 0.2) is 0 Å². The predicted molar refractivity (Wildman–Crippen MR) is 125 cm³/mol. The highest BCUT2D eigenvalue weighted by atomic mass is 16.5. The summed E-state index contributed by atoms with van der Waals surface area (Å²) in [6.07, 6.45) is 9.86. The largest absolute Gasteiger partial charge is 0.427 e. The zero-order chi connectivity index (χ0) is 22.3. The summed E-state index contributed by atoms with van der Waals surface area (Å²) in [5.41, 5.74) is 7.41. The highest BCUT2D eigenvalue weighted by Crippen LogP contribution is 2.27. The molecule has 3 aromatic rings. The zero-order valence-electron chi connectivity index (χ0n) is 18.1. The van der Waals surface area contributed by atoms with Crippen molar-refractivity contribution in [1.82, 2.24) is 4.98 Å². The molecule has 0 spiro atoms. The standard InChI is InChI=1S/C26H29N3O3/c27-16-24(26(31)29-22-9-6-21-17-28-13-12-20(21)15-22)19-7-10-23(11-8-19)32-25(30)14-18-4-2-1-3-5-18/h6-13,15,17-18,24H,1-5,14,16,27H2,(H,29,31). The number of nitrogens with one attached hydrogen (secondary N) is 1. The van der Waals surface area contributed by atoms with Gasteiger partial charge in [-0.05, 0) is 60.0 Å². The second kappa shape index (κ2) is 10.4. The van der Waals surface area contributed by atoms with Crippen molar-refractivity contribution in [2.45, 2.75) is 44.4 Å². The van der Waals surface area contributed by atoms with E-state index in [2.05, 4.69) is 10.3 Å². The Hall–Kier alpha value is -3.25. The summed E-state index contributed by atoms with van der Waals surface area (Å²) in [7, 11) is 0. The number of ether oxygens (including phenoxy) is 1. The Morgan fingerprint density at radius 2 is 1.81 bits per heavy atom. The molecule has 1 saturated carbocycles. The number of nitrogens with zero attached hydrogens (tertiary/aromatic N) is 1. The minimum Gasteiger partial charge on any atom is -0.427 e. The number of amides is 1. The quantitative estimate of drug-likeness (QED) is 0.414. The molecule has 1 amide bonds. The van der Waals surface area contributed by atoms with E-state index in [-0.39, 0.29) is 18.4 Å². The maximum Gasteiger partial charge on any atom is 0.311 e. The van der Waals surface area contributed by atoms with Crippen LogP contribution in [0.25, 0.3) is 10.8 Å². The first-order valence-electron chi connectivity index (χ1n) is 11.3. The molecule has 0 radical (unpaired) electrons. The average molecular weight is 432 g/mol. The third-order valence-corrected chi connectivity index (χ3v) is 6.15. The Morgan fingerprint density at radius 1 is 1.03 bits per heavy atom. The Bertz CT molecular complexity index is 1080. The Kier molecular flexibility index (Phi) is 7.12. The molecular formula is C26H29N3O3. The van der Waals surface area contributed by atoms with Gasteiger partial charge in [0.2, 0.25) is 5.91 Å². The van der Waals surface area contributed by atoms with Crippen LogP contribution in [0.2, 0.25) is 0 Å². The lowest BCUT2D eigenvalue weighted by atomic mass is 9.87. The zero-order valence-corrected chi connectivity index (χ0v) is 18.1. The van der Waals surface area contributed by atoms with Gasteiger partial charge in [0.05, 0.1) is 5.92 Å². The molecule has 6 nitrogen and oxygen atoms in total. The van der Waals surface area contributed by atoms with Gasteiger partial charge in [-0.15, -0.1) is 0 Å². The van der Waals surface area contributed by atoms with Crippen LogP contribution in [0.3, 0.4) is 0 Å². The molecule has 1 unspecified atom stereocenters. The number of hydrogen-bond donors (Lipinski definition) is 2. The molecule has 4 rings (SSSR count). The number of esters is 1. The van der Waals surface area contributed by atoms with Crippen molar-refractivity contribution in [3.05, 3.63) is 66.5 Å². The van der Waals surface area contributed by atoms with Crippen LogP contribution in [-0.4, -0.2) is 23.4 Å². The lowest BCUT2D eigenvalue weighted by Gasteiger charge is -2.20. The third-order valence-electron chi connectivity index (χ3n) is 6.15. The SMILES string of the molecule is NCC(C(=O)Nc1ccc2cnccc2c1)c1ccc(OC(=O)CC2CCCCC2)cc1. The number of aromatic nitrogens is 1. The van der Waals surface area contributed by atoms with Crippen LogP contribution in [0.1, 0.15) is 50.0 Å². The number of pyridine rings is 1. The second-order valence-corrected chi connectivity index (χ2v) is 8.47. The number of anilines is 1. The first-order chi connectivity index (χ1) is 15.6. The van der Waals surface area contributed by atoms with E-state index < -0.39 is 5.92 Å². The van der Waals surface area contributed by atoms with E-state index >= 15 is 0 Å². The molecule has 0 bridgehead atoms. The summed E-state index contributed by atoms with van der Waals surface area (Å²) in [4.78, 5) is 29.2. The molecule has 166 valence electrons. The summed E-state index contributed by atoms with van der Waals surface area (Å²) < 4.78 is 5.51. The number of hydrogen-bond acceptors (Lipinski definition) is 5. The monoisotopic (exact) mass is 431 g/mol. The van der Waals surface area contributed by atoms with Gasteiger partial charge < -0.3 is 15.8 Å². The molecule has 0 aliphatic heterocycles. The first kappa shape index (κ1) is 22.0. The summed E-state index contributed by atoms with van der Waals surface area (Å²) in [6, 6.07) is 14.6. The Morgan fingerprint density at radius 3 is 2.56 bits per heavy atom. The number of carbonyl (C=O) groups is 2. The summed E-state index contributed by atoms with van der Waals surface area (Å²) in [5, 5.41) is 4.96. The van der Waals surface area contributed by atoms with Gasteiger partial charge in [-0.25, -0.2) is 0 Å². The van der Waals surface area contributed by atoms with Crippen LogP contribution in [0, 0.1) is 5.92 Å². The van der Waals surface area contributed by atoms with Gasteiger partial charge >= 0.3 is 5.97 Å². The fourth-order valence-corrected chi connectivity index (χ4v) is 4.35. The van der Waals surface area contributed by atoms with Crippen LogP contribution >= 0.6 is 0 Å². The molecule has 0 saturated heterocycles. The van der Waals surface area contributed by atoms with Gasteiger partial charge in [0.1, 0.15) is 5.75 Å². The van der Waals surface area contributed by atoms with E-state index in [1.54, 1.807) is 36.7 Å². The molecule has 32 heavy (non-hydrogen) atoms. The normalized spacial score (nSPS) is 15.3. The van der Waals surface area contributed by atoms with Crippen LogP contribution in [-0.2, 0) is 9.59 Å². The molecule has 1 aliphatic carbocycles. The smallest absolute Gasteiger partial charge is 0.311 e. The molecule has 1 heterocycles. The fraction of sp³-hybridized carbons (Fsp3) is 0.346. The third kappa shape index (κ3) is 5.51. The number of fused-ring (bicyclic) bond motifs is 1. The summed E-state index contributed by atoms with van der Waals surface area (Å²) >= 11 is 0. The van der Waals surface area contributed by atoms with Gasteiger partial charge in [0, 0.05) is 36.4 Å². The van der Waals surface area contributed by atoms with Crippen LogP contribution in [0.15, 0.2) is 60.9 Å². The molecule has 1 atom stereocenters. The van der Waals surface area contributed by atoms with E-state index in [4.69, 9.17) is 10.5 Å². The van der Waals surface area contributed by atoms with E-state index in [0.717, 1.165) is 29.2 Å². The molecular weight excluding hydrogens is 402 g/mol. The second-order valence-electron chi connectivity index (χ2n) is 8.47. The highest BCUT2D eigenvalue weighted by molar-refractivity contribution is 5.98. The maximum atomic E-state index is 12.9. The minimum absolute atomic E-state index is 0.171. The summed E-state index contributed by atoms with van der Waals surface area (Å²) in [6.45, 7) is 0.171. The van der Waals surface area contributed by atoms with Gasteiger partial charge in [-0.1, -0.05) is 37.5 Å². The van der Waals surface area contributed by atoms with Crippen molar-refractivity contribution < 1.29 is 14.3 Å². The maximum absolute atomic E-state index is 12.9. The number of nitrogens with two attached hydrogens (primary N) is 1.